The molecule has 1 saturated heterocycles. The predicted octanol–water partition coefficient (Wildman–Crippen LogP) is 0.739. The summed E-state index contributed by atoms with van der Waals surface area (Å²) in [5.41, 5.74) is 0. The molecule has 1 aliphatic rings. The largest absolute Gasteiger partial charge is 0.345 e. The summed E-state index contributed by atoms with van der Waals surface area (Å²) in [6, 6.07) is -0.204. The van der Waals surface area contributed by atoms with E-state index in [4.69, 9.17) is 0 Å². The molecule has 0 aromatic heterocycles. The van der Waals surface area contributed by atoms with E-state index in [2.05, 4.69) is 14.8 Å². The van der Waals surface area contributed by atoms with Crippen molar-refractivity contribution in [1.82, 2.24) is 10.2 Å². The lowest BCUT2D eigenvalue weighted by Crippen LogP contribution is -2.53. The van der Waals surface area contributed by atoms with Crippen LogP contribution in [0.1, 0.15) is 0 Å². The Morgan fingerprint density at radius 2 is 1.88 bits per heavy atom. The van der Waals surface area contributed by atoms with E-state index in [-0.39, 0.29) is 19.3 Å². The third-order valence-electron chi connectivity index (χ3n) is 2.41. The molecule has 0 aliphatic carbocycles. The molecule has 0 amide bonds. The molecule has 1 aliphatic heterocycles. The van der Waals surface area contributed by atoms with E-state index in [0.29, 0.717) is 26.2 Å². The predicted molar refractivity (Wildman–Crippen MR) is 52.1 cm³/mol. The van der Waals surface area contributed by atoms with Gasteiger partial charge in [0.2, 0.25) is 0 Å². The molecular formula is C9H16F4N2O2. The summed E-state index contributed by atoms with van der Waals surface area (Å²) in [6.45, 7) is -3.57. The first kappa shape index (κ1) is 14.6. The molecule has 1 heterocycles. The van der Waals surface area contributed by atoms with Gasteiger partial charge in [-0.25, -0.2) is 0 Å². The molecule has 4 nitrogen and oxygen atoms in total. The molecule has 0 unspecified atom stereocenters. The van der Waals surface area contributed by atoms with E-state index in [1.54, 1.807) is 0 Å². The molecule has 1 N–H and O–H groups in total. The SMILES string of the molecule is FC(F)OCCN1CCN[C@H](COC(F)F)C1. The Kier molecular flexibility index (Phi) is 6.71. The minimum absolute atomic E-state index is 0.0694. The monoisotopic (exact) mass is 260 g/mol. The first-order valence-electron chi connectivity index (χ1n) is 5.33. The lowest BCUT2D eigenvalue weighted by Gasteiger charge is -2.33. The van der Waals surface area contributed by atoms with Crippen molar-refractivity contribution in [2.45, 2.75) is 19.3 Å². The van der Waals surface area contributed by atoms with Crippen LogP contribution in [-0.4, -0.2) is 63.6 Å². The number of nitrogens with zero attached hydrogens (tertiary/aromatic N) is 1. The van der Waals surface area contributed by atoms with Crippen molar-refractivity contribution in [2.75, 3.05) is 39.4 Å². The summed E-state index contributed by atoms with van der Waals surface area (Å²) in [4.78, 5) is 1.87. The van der Waals surface area contributed by atoms with E-state index >= 15 is 0 Å². The summed E-state index contributed by atoms with van der Waals surface area (Å²) in [7, 11) is 0. The Morgan fingerprint density at radius 1 is 1.18 bits per heavy atom. The Hall–Kier alpha value is -0.440. The number of ether oxygens (including phenoxy) is 2. The van der Waals surface area contributed by atoms with Gasteiger partial charge in [0.1, 0.15) is 0 Å². The first-order valence-corrected chi connectivity index (χ1v) is 5.33. The van der Waals surface area contributed by atoms with Crippen molar-refractivity contribution in [3.63, 3.8) is 0 Å². The summed E-state index contributed by atoms with van der Waals surface area (Å²) in [6.07, 6.45) is 0. The zero-order valence-electron chi connectivity index (χ0n) is 9.25. The van der Waals surface area contributed by atoms with Crippen LogP contribution in [0.5, 0.6) is 0 Å². The van der Waals surface area contributed by atoms with Crippen LogP contribution in [0.2, 0.25) is 0 Å². The average molecular weight is 260 g/mol. The molecule has 17 heavy (non-hydrogen) atoms. The van der Waals surface area contributed by atoms with Crippen LogP contribution in [0, 0.1) is 0 Å². The third kappa shape index (κ3) is 6.77. The van der Waals surface area contributed by atoms with Crippen molar-refractivity contribution >= 4 is 0 Å². The maximum atomic E-state index is 11.8. The number of piperazine rings is 1. The zero-order chi connectivity index (χ0) is 12.7. The zero-order valence-corrected chi connectivity index (χ0v) is 9.25. The Labute approximate surface area is 96.9 Å². The topological polar surface area (TPSA) is 33.7 Å². The number of alkyl halides is 4. The Bertz CT molecular complexity index is 209. The molecular weight excluding hydrogens is 244 g/mol. The standard InChI is InChI=1S/C9H16F4N2O2/c10-8(11)16-4-3-15-2-1-14-7(5-15)6-17-9(12)13/h7-9,14H,1-6H2/t7-/m0/s1. The van der Waals surface area contributed by atoms with Gasteiger partial charge < -0.3 is 14.8 Å². The summed E-state index contributed by atoms with van der Waals surface area (Å²) < 4.78 is 55.4. The normalized spacial score (nSPS) is 22.6. The second kappa shape index (κ2) is 7.80. The van der Waals surface area contributed by atoms with Gasteiger partial charge in [-0.05, 0) is 0 Å². The summed E-state index contributed by atoms with van der Waals surface area (Å²) >= 11 is 0. The van der Waals surface area contributed by atoms with Gasteiger partial charge in [0.25, 0.3) is 0 Å². The maximum Gasteiger partial charge on any atom is 0.345 e. The van der Waals surface area contributed by atoms with Crippen molar-refractivity contribution in [3.05, 3.63) is 0 Å². The lowest BCUT2D eigenvalue weighted by atomic mass is 10.2. The summed E-state index contributed by atoms with van der Waals surface area (Å²) in [5, 5.41) is 3.01. The van der Waals surface area contributed by atoms with Crippen LogP contribution >= 0.6 is 0 Å². The Balaban J connectivity index is 2.14. The van der Waals surface area contributed by atoms with Gasteiger partial charge in [0.15, 0.2) is 0 Å². The number of nitrogens with one attached hydrogen (secondary N) is 1. The smallest absolute Gasteiger partial charge is 0.322 e. The van der Waals surface area contributed by atoms with Gasteiger partial charge in [-0.3, -0.25) is 4.90 Å². The minimum atomic E-state index is -2.78. The van der Waals surface area contributed by atoms with Gasteiger partial charge in [0.05, 0.1) is 13.2 Å². The number of hydrogen-bond donors (Lipinski definition) is 1. The molecule has 1 atom stereocenters. The fourth-order valence-electron chi connectivity index (χ4n) is 1.67. The first-order chi connectivity index (χ1) is 8.08. The second-order valence-corrected chi connectivity index (χ2v) is 3.68. The Morgan fingerprint density at radius 3 is 2.53 bits per heavy atom. The molecule has 0 radical (unpaired) electrons. The fraction of sp³-hybridized carbons (Fsp3) is 1.00. The average Bonchev–Trinajstić information content (AvgIpc) is 2.26. The van der Waals surface area contributed by atoms with Crippen molar-refractivity contribution < 1.29 is 27.0 Å². The van der Waals surface area contributed by atoms with E-state index in [0.717, 1.165) is 0 Å². The van der Waals surface area contributed by atoms with E-state index in [9.17, 15) is 17.6 Å². The van der Waals surface area contributed by atoms with E-state index in [1.807, 2.05) is 4.90 Å². The molecule has 0 aromatic carbocycles. The highest BCUT2D eigenvalue weighted by Gasteiger charge is 2.20. The molecule has 0 bridgehead atoms. The van der Waals surface area contributed by atoms with Gasteiger partial charge in [-0.15, -0.1) is 0 Å². The van der Waals surface area contributed by atoms with Crippen LogP contribution in [-0.2, 0) is 9.47 Å². The second-order valence-electron chi connectivity index (χ2n) is 3.68. The molecule has 0 saturated carbocycles. The fourth-order valence-corrected chi connectivity index (χ4v) is 1.67. The number of rotatable bonds is 7. The van der Waals surface area contributed by atoms with Gasteiger partial charge >= 0.3 is 13.2 Å². The van der Waals surface area contributed by atoms with Crippen LogP contribution in [0.15, 0.2) is 0 Å². The molecule has 0 spiro atoms. The highest BCUT2D eigenvalue weighted by atomic mass is 19.3. The third-order valence-corrected chi connectivity index (χ3v) is 2.41. The maximum absolute atomic E-state index is 11.8. The number of hydrogen-bond acceptors (Lipinski definition) is 4. The molecule has 102 valence electrons. The van der Waals surface area contributed by atoms with Gasteiger partial charge in [-0.2, -0.15) is 17.6 Å². The molecule has 0 aromatic rings. The lowest BCUT2D eigenvalue weighted by molar-refractivity contribution is -0.140. The van der Waals surface area contributed by atoms with Crippen molar-refractivity contribution in [2.24, 2.45) is 0 Å². The molecule has 1 rings (SSSR count). The molecule has 8 heteroatoms. The van der Waals surface area contributed by atoms with Gasteiger partial charge in [0, 0.05) is 32.2 Å². The highest BCUT2D eigenvalue weighted by Crippen LogP contribution is 2.03. The van der Waals surface area contributed by atoms with Crippen LogP contribution in [0.4, 0.5) is 17.6 Å². The van der Waals surface area contributed by atoms with Crippen LogP contribution < -0.4 is 5.32 Å². The van der Waals surface area contributed by atoms with Crippen molar-refractivity contribution in [3.8, 4) is 0 Å². The quantitative estimate of drug-likeness (QED) is 0.685. The highest BCUT2D eigenvalue weighted by molar-refractivity contribution is 4.78. The van der Waals surface area contributed by atoms with E-state index in [1.165, 1.54) is 0 Å². The van der Waals surface area contributed by atoms with Crippen molar-refractivity contribution in [1.29, 1.82) is 0 Å². The van der Waals surface area contributed by atoms with Crippen LogP contribution in [0.25, 0.3) is 0 Å². The molecule has 1 fully saturated rings. The number of halogens is 4. The van der Waals surface area contributed by atoms with Crippen LogP contribution in [0.3, 0.4) is 0 Å². The summed E-state index contributed by atoms with van der Waals surface area (Å²) in [5.74, 6) is 0. The minimum Gasteiger partial charge on any atom is -0.322 e. The van der Waals surface area contributed by atoms with E-state index < -0.39 is 13.2 Å². The van der Waals surface area contributed by atoms with Gasteiger partial charge in [-0.1, -0.05) is 0 Å².